The second kappa shape index (κ2) is 6.98. The van der Waals surface area contributed by atoms with E-state index in [2.05, 4.69) is 21.7 Å². The predicted molar refractivity (Wildman–Crippen MR) is 89.3 cm³/mol. The van der Waals surface area contributed by atoms with Crippen molar-refractivity contribution in [3.05, 3.63) is 60.2 Å². The molecule has 0 radical (unpaired) electrons. The Hall–Kier alpha value is -2.49. The van der Waals surface area contributed by atoms with Crippen molar-refractivity contribution in [2.24, 2.45) is 4.99 Å². The van der Waals surface area contributed by atoms with Gasteiger partial charge in [0.25, 0.3) is 0 Å². The number of guanidine groups is 1. The molecule has 0 aliphatic heterocycles. The highest BCUT2D eigenvalue weighted by molar-refractivity contribution is 5.80. The fourth-order valence-electron chi connectivity index (χ4n) is 2.15. The van der Waals surface area contributed by atoms with Crippen LogP contribution in [0, 0.1) is 0 Å². The summed E-state index contributed by atoms with van der Waals surface area (Å²) >= 11 is 0. The quantitative estimate of drug-likeness (QED) is 0.657. The first kappa shape index (κ1) is 14.4. The van der Waals surface area contributed by atoms with Gasteiger partial charge in [-0.25, -0.2) is 0 Å². The Labute approximate surface area is 131 Å². The Balaban J connectivity index is 1.58. The summed E-state index contributed by atoms with van der Waals surface area (Å²) < 4.78 is 5.85. The van der Waals surface area contributed by atoms with Crippen molar-refractivity contribution in [1.29, 1.82) is 0 Å². The van der Waals surface area contributed by atoms with Gasteiger partial charge in [-0.05, 0) is 42.7 Å². The van der Waals surface area contributed by atoms with Crippen molar-refractivity contribution < 1.29 is 4.74 Å². The summed E-state index contributed by atoms with van der Waals surface area (Å²) in [5.41, 5.74) is 1.16. The van der Waals surface area contributed by atoms with E-state index in [0.29, 0.717) is 6.04 Å². The summed E-state index contributed by atoms with van der Waals surface area (Å²) in [6.45, 7) is 0.721. The predicted octanol–water partition coefficient (Wildman–Crippen LogP) is 3.31. The maximum atomic E-state index is 5.85. The summed E-state index contributed by atoms with van der Waals surface area (Å²) in [4.78, 5) is 4.24. The van der Waals surface area contributed by atoms with Crippen LogP contribution in [0.2, 0.25) is 0 Å². The fraction of sp³-hybridized carbons (Fsp3) is 0.278. The van der Waals surface area contributed by atoms with E-state index in [4.69, 9.17) is 4.74 Å². The lowest BCUT2D eigenvalue weighted by atomic mass is 10.2. The Morgan fingerprint density at radius 1 is 1.09 bits per heavy atom. The molecular formula is C18H21N3O. The molecule has 0 unspecified atom stereocenters. The van der Waals surface area contributed by atoms with Gasteiger partial charge in [-0.15, -0.1) is 0 Å². The van der Waals surface area contributed by atoms with Crippen LogP contribution < -0.4 is 15.4 Å². The average molecular weight is 295 g/mol. The highest BCUT2D eigenvalue weighted by atomic mass is 16.5. The zero-order valence-corrected chi connectivity index (χ0v) is 12.8. The Morgan fingerprint density at radius 2 is 1.86 bits per heavy atom. The van der Waals surface area contributed by atoms with Gasteiger partial charge in [-0.2, -0.15) is 0 Å². The molecule has 1 aliphatic carbocycles. The molecule has 2 aromatic carbocycles. The van der Waals surface area contributed by atoms with Crippen LogP contribution in [-0.2, 0) is 6.54 Å². The Kier molecular flexibility index (Phi) is 4.59. The number of ether oxygens (including phenoxy) is 1. The molecule has 0 saturated heterocycles. The molecule has 0 bridgehead atoms. The molecule has 0 heterocycles. The van der Waals surface area contributed by atoms with Gasteiger partial charge in [0.1, 0.15) is 11.5 Å². The standard InChI is InChI=1S/C18H21N3O/c1-19-18(21-15-10-11-15)20-13-14-6-5-9-17(12-14)22-16-7-3-2-4-8-16/h2-9,12,15H,10-11,13H2,1H3,(H2,19,20,21). The van der Waals surface area contributed by atoms with Crippen molar-refractivity contribution >= 4 is 5.96 Å². The number of nitrogens with zero attached hydrogens (tertiary/aromatic N) is 1. The molecule has 0 spiro atoms. The lowest BCUT2D eigenvalue weighted by Crippen LogP contribution is -2.38. The van der Waals surface area contributed by atoms with Crippen LogP contribution in [0.5, 0.6) is 11.5 Å². The summed E-state index contributed by atoms with van der Waals surface area (Å²) in [5.74, 6) is 2.55. The molecule has 2 N–H and O–H groups in total. The molecule has 4 heteroatoms. The number of benzene rings is 2. The largest absolute Gasteiger partial charge is 0.457 e. The minimum atomic E-state index is 0.596. The average Bonchev–Trinajstić information content (AvgIpc) is 3.37. The molecule has 114 valence electrons. The fourth-order valence-corrected chi connectivity index (χ4v) is 2.15. The maximum absolute atomic E-state index is 5.85. The van der Waals surface area contributed by atoms with Crippen LogP contribution in [0.4, 0.5) is 0 Å². The van der Waals surface area contributed by atoms with Crippen LogP contribution in [0.25, 0.3) is 0 Å². The molecule has 4 nitrogen and oxygen atoms in total. The summed E-state index contributed by atoms with van der Waals surface area (Å²) in [5, 5.41) is 6.70. The Morgan fingerprint density at radius 3 is 2.59 bits per heavy atom. The molecule has 0 amide bonds. The minimum Gasteiger partial charge on any atom is -0.457 e. The van der Waals surface area contributed by atoms with Crippen LogP contribution in [0.1, 0.15) is 18.4 Å². The molecule has 0 atom stereocenters. The highest BCUT2D eigenvalue weighted by Crippen LogP contribution is 2.22. The molecule has 1 aliphatic rings. The van der Waals surface area contributed by atoms with Gasteiger partial charge in [0.15, 0.2) is 5.96 Å². The molecule has 0 aromatic heterocycles. The van der Waals surface area contributed by atoms with Gasteiger partial charge < -0.3 is 15.4 Å². The van der Waals surface area contributed by atoms with Crippen molar-refractivity contribution in [2.45, 2.75) is 25.4 Å². The van der Waals surface area contributed by atoms with Crippen molar-refractivity contribution in [3.63, 3.8) is 0 Å². The first-order valence-corrected chi connectivity index (χ1v) is 7.62. The number of aliphatic imine (C=N–C) groups is 1. The van der Waals surface area contributed by atoms with E-state index < -0.39 is 0 Å². The summed E-state index contributed by atoms with van der Waals surface area (Å²) in [7, 11) is 1.80. The van der Waals surface area contributed by atoms with Crippen molar-refractivity contribution in [1.82, 2.24) is 10.6 Å². The zero-order valence-electron chi connectivity index (χ0n) is 12.8. The van der Waals surface area contributed by atoms with Crippen molar-refractivity contribution in [3.8, 4) is 11.5 Å². The summed E-state index contributed by atoms with van der Waals surface area (Å²) in [6.07, 6.45) is 2.47. The lowest BCUT2D eigenvalue weighted by Gasteiger charge is -2.12. The highest BCUT2D eigenvalue weighted by Gasteiger charge is 2.21. The maximum Gasteiger partial charge on any atom is 0.191 e. The zero-order chi connectivity index (χ0) is 15.2. The Bertz CT molecular complexity index is 636. The van der Waals surface area contributed by atoms with E-state index in [1.54, 1.807) is 7.05 Å². The van der Waals surface area contributed by atoms with E-state index in [1.807, 2.05) is 48.5 Å². The van der Waals surface area contributed by atoms with E-state index >= 15 is 0 Å². The number of rotatable bonds is 5. The van der Waals surface area contributed by atoms with E-state index in [0.717, 1.165) is 29.6 Å². The normalized spacial score (nSPS) is 14.5. The third kappa shape index (κ3) is 4.25. The van der Waals surface area contributed by atoms with E-state index in [-0.39, 0.29) is 0 Å². The SMILES string of the molecule is CN=C(NCc1cccc(Oc2ccccc2)c1)NC1CC1. The molecule has 3 rings (SSSR count). The van der Waals surface area contributed by atoms with E-state index in [9.17, 15) is 0 Å². The molecule has 2 aromatic rings. The smallest absolute Gasteiger partial charge is 0.191 e. The van der Waals surface area contributed by atoms with Crippen LogP contribution in [0.15, 0.2) is 59.6 Å². The molecule has 1 fully saturated rings. The molecule has 22 heavy (non-hydrogen) atoms. The van der Waals surface area contributed by atoms with Gasteiger partial charge >= 0.3 is 0 Å². The number of para-hydroxylation sites is 1. The third-order valence-corrected chi connectivity index (χ3v) is 3.48. The second-order valence-electron chi connectivity index (χ2n) is 5.41. The number of hydrogen-bond donors (Lipinski definition) is 2. The number of hydrogen-bond acceptors (Lipinski definition) is 2. The van der Waals surface area contributed by atoms with Crippen LogP contribution in [-0.4, -0.2) is 19.0 Å². The topological polar surface area (TPSA) is 45.7 Å². The molecular weight excluding hydrogens is 274 g/mol. The monoisotopic (exact) mass is 295 g/mol. The van der Waals surface area contributed by atoms with Gasteiger partial charge in [0.2, 0.25) is 0 Å². The minimum absolute atomic E-state index is 0.596. The lowest BCUT2D eigenvalue weighted by molar-refractivity contribution is 0.482. The first-order chi connectivity index (χ1) is 10.8. The van der Waals surface area contributed by atoms with E-state index in [1.165, 1.54) is 12.8 Å². The van der Waals surface area contributed by atoms with Crippen LogP contribution >= 0.6 is 0 Å². The second-order valence-corrected chi connectivity index (χ2v) is 5.41. The summed E-state index contributed by atoms with van der Waals surface area (Å²) in [6, 6.07) is 18.5. The third-order valence-electron chi connectivity index (χ3n) is 3.48. The van der Waals surface area contributed by atoms with Crippen LogP contribution in [0.3, 0.4) is 0 Å². The van der Waals surface area contributed by atoms with Gasteiger partial charge in [0, 0.05) is 19.6 Å². The first-order valence-electron chi connectivity index (χ1n) is 7.62. The van der Waals surface area contributed by atoms with Crippen molar-refractivity contribution in [2.75, 3.05) is 7.05 Å². The van der Waals surface area contributed by atoms with Gasteiger partial charge in [0.05, 0.1) is 0 Å². The molecule has 1 saturated carbocycles. The van der Waals surface area contributed by atoms with Gasteiger partial charge in [-0.3, -0.25) is 4.99 Å². The van der Waals surface area contributed by atoms with Gasteiger partial charge in [-0.1, -0.05) is 30.3 Å². The number of nitrogens with one attached hydrogen (secondary N) is 2.